The second kappa shape index (κ2) is 5.05. The number of benzene rings is 2. The zero-order valence-electron chi connectivity index (χ0n) is 9.95. The lowest BCUT2D eigenvalue weighted by atomic mass is 10.3. The number of aromatic amines is 1. The van der Waals surface area contributed by atoms with Gasteiger partial charge >= 0.3 is 0 Å². The van der Waals surface area contributed by atoms with Crippen molar-refractivity contribution in [3.63, 3.8) is 0 Å². The van der Waals surface area contributed by atoms with Crippen molar-refractivity contribution in [3.8, 4) is 11.5 Å². The molecule has 0 aliphatic heterocycles. The van der Waals surface area contributed by atoms with E-state index >= 15 is 0 Å². The minimum absolute atomic E-state index is 0.314. The van der Waals surface area contributed by atoms with E-state index in [9.17, 15) is 0 Å². The molecule has 0 fully saturated rings. The van der Waals surface area contributed by atoms with Gasteiger partial charge in [0.05, 0.1) is 21.1 Å². The largest absolute Gasteiger partial charge is 0.454 e. The van der Waals surface area contributed by atoms with Crippen LogP contribution < -0.4 is 10.5 Å². The molecule has 0 saturated carbocycles. The number of anilines is 1. The van der Waals surface area contributed by atoms with E-state index in [0.29, 0.717) is 38.0 Å². The highest BCUT2D eigenvalue weighted by molar-refractivity contribution is 6.43. The molecule has 1 aromatic heterocycles. The van der Waals surface area contributed by atoms with Gasteiger partial charge in [-0.2, -0.15) is 0 Å². The first kappa shape index (κ1) is 13.4. The quantitative estimate of drug-likeness (QED) is 0.703. The molecule has 0 aliphatic carbocycles. The first-order valence-electron chi connectivity index (χ1n) is 5.61. The van der Waals surface area contributed by atoms with Gasteiger partial charge in [-0.3, -0.25) is 0 Å². The highest BCUT2D eigenvalue weighted by Gasteiger charge is 2.11. The molecule has 3 aromatic rings. The number of nitrogens with zero attached hydrogens (tertiary/aromatic N) is 1. The van der Waals surface area contributed by atoms with Crippen LogP contribution in [0.2, 0.25) is 15.1 Å². The lowest BCUT2D eigenvalue weighted by molar-refractivity contribution is 0.484. The molecule has 1 heterocycles. The highest BCUT2D eigenvalue weighted by Crippen LogP contribution is 2.38. The SMILES string of the molecule is Nc1nc2cc(Oc3cccc(Cl)c3Cl)c(Cl)cc2[nH]1. The summed E-state index contributed by atoms with van der Waals surface area (Å²) in [6.07, 6.45) is 0. The minimum atomic E-state index is 0.314. The zero-order chi connectivity index (χ0) is 14.3. The van der Waals surface area contributed by atoms with E-state index in [2.05, 4.69) is 9.97 Å². The molecule has 2 aromatic carbocycles. The molecular formula is C13H8Cl3N3O. The van der Waals surface area contributed by atoms with Gasteiger partial charge in [0.25, 0.3) is 0 Å². The Bertz CT molecular complexity index is 801. The van der Waals surface area contributed by atoms with Crippen molar-refractivity contribution < 1.29 is 4.74 Å². The van der Waals surface area contributed by atoms with Gasteiger partial charge in [0.2, 0.25) is 0 Å². The van der Waals surface area contributed by atoms with Crippen LogP contribution in [0, 0.1) is 0 Å². The molecule has 0 bridgehead atoms. The third-order valence-corrected chi connectivity index (χ3v) is 3.79. The van der Waals surface area contributed by atoms with Gasteiger partial charge in [0, 0.05) is 6.07 Å². The number of halogens is 3. The van der Waals surface area contributed by atoms with Crippen molar-refractivity contribution in [2.45, 2.75) is 0 Å². The Morgan fingerprint density at radius 3 is 2.65 bits per heavy atom. The van der Waals surface area contributed by atoms with Crippen LogP contribution in [-0.2, 0) is 0 Å². The number of rotatable bonds is 2. The van der Waals surface area contributed by atoms with Crippen molar-refractivity contribution >= 4 is 51.8 Å². The number of nitrogens with two attached hydrogens (primary N) is 1. The predicted octanol–water partition coefficient (Wildman–Crippen LogP) is 4.90. The molecule has 0 aliphatic rings. The van der Waals surface area contributed by atoms with E-state index in [1.54, 1.807) is 30.3 Å². The Morgan fingerprint density at radius 2 is 1.85 bits per heavy atom. The van der Waals surface area contributed by atoms with Gasteiger partial charge in [-0.15, -0.1) is 0 Å². The maximum absolute atomic E-state index is 6.16. The molecule has 102 valence electrons. The Balaban J connectivity index is 2.05. The van der Waals surface area contributed by atoms with Gasteiger partial charge in [-0.1, -0.05) is 40.9 Å². The first-order chi connectivity index (χ1) is 9.54. The summed E-state index contributed by atoms with van der Waals surface area (Å²) < 4.78 is 5.70. The third kappa shape index (κ3) is 2.38. The average molecular weight is 329 g/mol. The van der Waals surface area contributed by atoms with E-state index in [4.69, 9.17) is 45.3 Å². The summed E-state index contributed by atoms with van der Waals surface area (Å²) in [6.45, 7) is 0. The molecule has 4 nitrogen and oxygen atoms in total. The number of imidazole rings is 1. The van der Waals surface area contributed by atoms with E-state index in [0.717, 1.165) is 5.52 Å². The zero-order valence-corrected chi connectivity index (χ0v) is 12.2. The van der Waals surface area contributed by atoms with Crippen molar-refractivity contribution in [3.05, 3.63) is 45.4 Å². The normalized spacial score (nSPS) is 10.9. The second-order valence-corrected chi connectivity index (χ2v) is 5.27. The van der Waals surface area contributed by atoms with E-state index in [1.807, 2.05) is 0 Å². The van der Waals surface area contributed by atoms with Crippen LogP contribution >= 0.6 is 34.8 Å². The van der Waals surface area contributed by atoms with Crippen LogP contribution in [0.25, 0.3) is 11.0 Å². The molecule has 3 rings (SSSR count). The number of nitrogens with one attached hydrogen (secondary N) is 1. The molecular weight excluding hydrogens is 321 g/mol. The summed E-state index contributed by atoms with van der Waals surface area (Å²) in [4.78, 5) is 7.01. The van der Waals surface area contributed by atoms with Crippen LogP contribution in [0.15, 0.2) is 30.3 Å². The van der Waals surface area contributed by atoms with Crippen LogP contribution in [0.4, 0.5) is 5.95 Å². The van der Waals surface area contributed by atoms with Crippen molar-refractivity contribution in [1.29, 1.82) is 0 Å². The van der Waals surface area contributed by atoms with E-state index < -0.39 is 0 Å². The lowest BCUT2D eigenvalue weighted by Crippen LogP contribution is -1.87. The Morgan fingerprint density at radius 1 is 1.05 bits per heavy atom. The Labute approximate surface area is 129 Å². The summed E-state index contributed by atoms with van der Waals surface area (Å²) in [5, 5.41) is 1.15. The molecule has 7 heteroatoms. The second-order valence-electron chi connectivity index (χ2n) is 4.08. The topological polar surface area (TPSA) is 63.9 Å². The summed E-state index contributed by atoms with van der Waals surface area (Å²) in [5.74, 6) is 1.16. The highest BCUT2D eigenvalue weighted by atomic mass is 35.5. The standard InChI is InChI=1S/C13H8Cl3N3O/c14-6-2-1-3-10(12(6)16)20-11-5-9-8(4-7(11)15)18-13(17)19-9/h1-5H,(H3,17,18,19). The van der Waals surface area contributed by atoms with Crippen LogP contribution in [0.1, 0.15) is 0 Å². The van der Waals surface area contributed by atoms with Gasteiger partial charge in [-0.05, 0) is 18.2 Å². The van der Waals surface area contributed by atoms with Crippen LogP contribution in [0.5, 0.6) is 11.5 Å². The third-order valence-electron chi connectivity index (χ3n) is 2.69. The maximum atomic E-state index is 6.16. The molecule has 0 radical (unpaired) electrons. The summed E-state index contributed by atoms with van der Waals surface area (Å²) in [7, 11) is 0. The fourth-order valence-corrected chi connectivity index (χ4v) is 2.32. The number of nitrogen functional groups attached to an aromatic ring is 1. The van der Waals surface area contributed by atoms with Gasteiger partial charge < -0.3 is 15.5 Å². The molecule has 0 atom stereocenters. The number of hydrogen-bond acceptors (Lipinski definition) is 3. The fraction of sp³-hybridized carbons (Fsp3) is 0. The van der Waals surface area contributed by atoms with Gasteiger partial charge in [0.1, 0.15) is 16.5 Å². The first-order valence-corrected chi connectivity index (χ1v) is 6.74. The van der Waals surface area contributed by atoms with Gasteiger partial charge in [-0.25, -0.2) is 4.98 Å². The summed E-state index contributed by atoms with van der Waals surface area (Å²) in [6, 6.07) is 8.49. The van der Waals surface area contributed by atoms with E-state index in [-0.39, 0.29) is 0 Å². The van der Waals surface area contributed by atoms with Crippen molar-refractivity contribution in [2.24, 2.45) is 0 Å². The minimum Gasteiger partial charge on any atom is -0.454 e. The predicted molar refractivity (Wildman–Crippen MR) is 82.1 cm³/mol. The van der Waals surface area contributed by atoms with Crippen LogP contribution in [0.3, 0.4) is 0 Å². The summed E-state index contributed by atoms with van der Waals surface area (Å²) in [5.41, 5.74) is 6.98. The van der Waals surface area contributed by atoms with E-state index in [1.165, 1.54) is 0 Å². The van der Waals surface area contributed by atoms with Gasteiger partial charge in [0.15, 0.2) is 5.95 Å². The fourth-order valence-electron chi connectivity index (χ4n) is 1.79. The number of ether oxygens (including phenoxy) is 1. The molecule has 20 heavy (non-hydrogen) atoms. The maximum Gasteiger partial charge on any atom is 0.198 e. The van der Waals surface area contributed by atoms with Crippen molar-refractivity contribution in [2.75, 3.05) is 5.73 Å². The molecule has 0 spiro atoms. The van der Waals surface area contributed by atoms with Crippen molar-refractivity contribution in [1.82, 2.24) is 9.97 Å². The molecule has 3 N–H and O–H groups in total. The molecule has 0 amide bonds. The number of hydrogen-bond donors (Lipinski definition) is 2. The summed E-state index contributed by atoms with van der Waals surface area (Å²) >= 11 is 18.2. The number of fused-ring (bicyclic) bond motifs is 1. The average Bonchev–Trinajstić information content (AvgIpc) is 2.74. The molecule has 0 saturated heterocycles. The molecule has 0 unspecified atom stereocenters. The lowest BCUT2D eigenvalue weighted by Gasteiger charge is -2.09. The number of aromatic nitrogens is 2. The monoisotopic (exact) mass is 327 g/mol. The number of H-pyrrole nitrogens is 1. The Hall–Kier alpha value is -1.62. The smallest absolute Gasteiger partial charge is 0.198 e. The Kier molecular flexibility index (Phi) is 3.38. The van der Waals surface area contributed by atoms with Crippen LogP contribution in [-0.4, -0.2) is 9.97 Å².